The second-order valence-electron chi connectivity index (χ2n) is 8.41. The zero-order valence-corrected chi connectivity index (χ0v) is 18.2. The number of hydrogen-bond acceptors (Lipinski definition) is 7. The number of nitrogens with zero attached hydrogens (tertiary/aromatic N) is 7. The van der Waals surface area contributed by atoms with Crippen LogP contribution in [0, 0.1) is 0 Å². The van der Waals surface area contributed by atoms with Gasteiger partial charge in [-0.1, -0.05) is 6.07 Å². The zero-order valence-electron chi connectivity index (χ0n) is 18.2. The van der Waals surface area contributed by atoms with E-state index in [9.17, 15) is 4.79 Å². The van der Waals surface area contributed by atoms with Gasteiger partial charge in [-0.2, -0.15) is 0 Å². The highest BCUT2D eigenvalue weighted by molar-refractivity contribution is 5.76. The van der Waals surface area contributed by atoms with E-state index in [1.807, 2.05) is 23.0 Å². The molecular weight excluding hydrogens is 394 g/mol. The van der Waals surface area contributed by atoms with E-state index in [2.05, 4.69) is 36.4 Å². The van der Waals surface area contributed by atoms with Crippen molar-refractivity contribution in [1.29, 1.82) is 0 Å². The third-order valence-corrected chi connectivity index (χ3v) is 6.24. The molecule has 2 fully saturated rings. The summed E-state index contributed by atoms with van der Waals surface area (Å²) in [6.07, 6.45) is 8.43. The van der Waals surface area contributed by atoms with Crippen molar-refractivity contribution in [2.24, 2.45) is 0 Å². The molecule has 0 aromatic carbocycles. The summed E-state index contributed by atoms with van der Waals surface area (Å²) in [4.78, 5) is 21.8. The van der Waals surface area contributed by atoms with Gasteiger partial charge in [0.1, 0.15) is 0 Å². The number of ether oxygens (including phenoxy) is 1. The number of carbonyl (C=O) groups excluding carboxylic acids is 1. The van der Waals surface area contributed by atoms with Gasteiger partial charge >= 0.3 is 0 Å². The number of hydrogen-bond donors (Lipinski definition) is 0. The van der Waals surface area contributed by atoms with E-state index in [0.29, 0.717) is 19.0 Å². The summed E-state index contributed by atoms with van der Waals surface area (Å²) < 4.78 is 7.25. The number of rotatable bonds is 9. The fourth-order valence-electron chi connectivity index (χ4n) is 4.48. The highest BCUT2D eigenvalue weighted by Gasteiger charge is 2.26. The Morgan fingerprint density at radius 1 is 1.16 bits per heavy atom. The predicted molar refractivity (Wildman–Crippen MR) is 115 cm³/mol. The molecule has 4 heterocycles. The van der Waals surface area contributed by atoms with E-state index >= 15 is 0 Å². The van der Waals surface area contributed by atoms with Gasteiger partial charge in [0.2, 0.25) is 5.91 Å². The molecular formula is C22H33N7O2. The Morgan fingerprint density at radius 3 is 2.90 bits per heavy atom. The van der Waals surface area contributed by atoms with Crippen molar-refractivity contribution in [3.05, 3.63) is 35.9 Å². The Morgan fingerprint density at radius 2 is 2.06 bits per heavy atom. The average Bonchev–Trinajstić information content (AvgIpc) is 3.26. The third kappa shape index (κ3) is 6.30. The van der Waals surface area contributed by atoms with Crippen molar-refractivity contribution < 1.29 is 9.53 Å². The molecule has 31 heavy (non-hydrogen) atoms. The van der Waals surface area contributed by atoms with Crippen LogP contribution in [0.2, 0.25) is 0 Å². The molecule has 0 aliphatic carbocycles. The summed E-state index contributed by atoms with van der Waals surface area (Å²) in [5.41, 5.74) is 1.10. The molecule has 1 unspecified atom stereocenters. The number of morpholine rings is 1. The van der Waals surface area contributed by atoms with Crippen LogP contribution in [0.4, 0.5) is 0 Å². The summed E-state index contributed by atoms with van der Waals surface area (Å²) in [6.45, 7) is 5.59. The molecule has 9 nitrogen and oxygen atoms in total. The molecule has 0 bridgehead atoms. The van der Waals surface area contributed by atoms with Gasteiger partial charge in [-0.15, -0.1) is 5.10 Å². The Hall–Kier alpha value is -2.39. The van der Waals surface area contributed by atoms with Gasteiger partial charge in [0.05, 0.1) is 19.8 Å². The second-order valence-corrected chi connectivity index (χ2v) is 8.41. The van der Waals surface area contributed by atoms with Crippen molar-refractivity contribution >= 4 is 5.91 Å². The van der Waals surface area contributed by atoms with Gasteiger partial charge in [0.15, 0.2) is 5.82 Å². The summed E-state index contributed by atoms with van der Waals surface area (Å²) >= 11 is 0. The van der Waals surface area contributed by atoms with E-state index < -0.39 is 0 Å². The standard InChI is InChI=1S/C22H33N7O2/c30-22(28-12-4-2-7-20(28)10-9-19-6-1-3-11-23-19)8-5-13-29-21(24-25-26-29)18-27-14-16-31-17-15-27/h1,3,6,11,20H,2,4-5,7-10,12-18H2. The van der Waals surface area contributed by atoms with Crippen LogP contribution >= 0.6 is 0 Å². The minimum Gasteiger partial charge on any atom is -0.379 e. The van der Waals surface area contributed by atoms with Gasteiger partial charge in [0, 0.05) is 50.5 Å². The predicted octanol–water partition coefficient (Wildman–Crippen LogP) is 1.69. The maximum absolute atomic E-state index is 13.0. The smallest absolute Gasteiger partial charge is 0.222 e. The molecule has 9 heteroatoms. The summed E-state index contributed by atoms with van der Waals surface area (Å²) in [5.74, 6) is 1.12. The van der Waals surface area contributed by atoms with Crippen molar-refractivity contribution in [3.63, 3.8) is 0 Å². The quantitative estimate of drug-likeness (QED) is 0.602. The molecule has 2 aromatic heterocycles. The number of likely N-dealkylation sites (tertiary alicyclic amines) is 1. The first kappa shape index (κ1) is 21.8. The topological polar surface area (TPSA) is 89.3 Å². The molecule has 2 saturated heterocycles. The van der Waals surface area contributed by atoms with Crippen LogP contribution in [0.25, 0.3) is 0 Å². The zero-order chi connectivity index (χ0) is 21.3. The molecule has 4 rings (SSSR count). The SMILES string of the molecule is O=C(CCCn1nnnc1CN1CCOCC1)N1CCCCC1CCc1ccccn1. The van der Waals surface area contributed by atoms with Crippen LogP contribution < -0.4 is 0 Å². The highest BCUT2D eigenvalue weighted by atomic mass is 16.5. The first-order valence-corrected chi connectivity index (χ1v) is 11.5. The van der Waals surface area contributed by atoms with Crippen LogP contribution in [0.5, 0.6) is 0 Å². The van der Waals surface area contributed by atoms with Crippen LogP contribution in [0.1, 0.15) is 50.0 Å². The average molecular weight is 428 g/mol. The Balaban J connectivity index is 1.24. The minimum atomic E-state index is 0.258. The summed E-state index contributed by atoms with van der Waals surface area (Å²) in [6, 6.07) is 6.36. The van der Waals surface area contributed by atoms with Crippen molar-refractivity contribution in [2.75, 3.05) is 32.8 Å². The van der Waals surface area contributed by atoms with Crippen molar-refractivity contribution in [3.8, 4) is 0 Å². The van der Waals surface area contributed by atoms with E-state index in [-0.39, 0.29) is 5.91 Å². The number of aryl methyl sites for hydroxylation is 2. The molecule has 0 saturated carbocycles. The fraction of sp³-hybridized carbons (Fsp3) is 0.682. The Bertz CT molecular complexity index is 807. The Kier molecular flexibility index (Phi) is 7.95. The largest absolute Gasteiger partial charge is 0.379 e. The van der Waals surface area contributed by atoms with E-state index in [1.165, 1.54) is 6.42 Å². The fourth-order valence-corrected chi connectivity index (χ4v) is 4.48. The van der Waals surface area contributed by atoms with Crippen LogP contribution in [-0.2, 0) is 29.0 Å². The van der Waals surface area contributed by atoms with Crippen molar-refractivity contribution in [1.82, 2.24) is 35.0 Å². The maximum atomic E-state index is 13.0. The number of piperidine rings is 1. The molecule has 0 N–H and O–H groups in total. The highest BCUT2D eigenvalue weighted by Crippen LogP contribution is 2.22. The third-order valence-electron chi connectivity index (χ3n) is 6.24. The monoisotopic (exact) mass is 427 g/mol. The van der Waals surface area contributed by atoms with Gasteiger partial charge in [0.25, 0.3) is 0 Å². The van der Waals surface area contributed by atoms with Crippen LogP contribution in [-0.4, -0.2) is 79.8 Å². The van der Waals surface area contributed by atoms with Crippen molar-refractivity contribution in [2.45, 2.75) is 64.1 Å². The van der Waals surface area contributed by atoms with E-state index in [0.717, 1.165) is 83.0 Å². The summed E-state index contributed by atoms with van der Waals surface area (Å²) in [7, 11) is 0. The molecule has 168 valence electrons. The van der Waals surface area contributed by atoms with Gasteiger partial charge in [-0.25, -0.2) is 4.68 Å². The lowest BCUT2D eigenvalue weighted by atomic mass is 9.96. The number of aromatic nitrogens is 5. The van der Waals surface area contributed by atoms with E-state index in [4.69, 9.17) is 4.74 Å². The first-order chi connectivity index (χ1) is 15.3. The molecule has 0 radical (unpaired) electrons. The molecule has 1 atom stereocenters. The first-order valence-electron chi connectivity index (χ1n) is 11.5. The normalized spacial score (nSPS) is 20.1. The van der Waals surface area contributed by atoms with E-state index in [1.54, 1.807) is 0 Å². The lowest BCUT2D eigenvalue weighted by Crippen LogP contribution is -2.44. The molecule has 0 spiro atoms. The molecule has 2 aromatic rings. The number of pyridine rings is 1. The molecule has 2 aliphatic heterocycles. The van der Waals surface area contributed by atoms with Gasteiger partial charge in [-0.05, 0) is 61.1 Å². The maximum Gasteiger partial charge on any atom is 0.222 e. The van der Waals surface area contributed by atoms with Gasteiger partial charge in [-0.3, -0.25) is 14.7 Å². The molecule has 1 amide bonds. The summed E-state index contributed by atoms with van der Waals surface area (Å²) in [5, 5.41) is 12.2. The Labute approximate surface area is 183 Å². The van der Waals surface area contributed by atoms with Crippen LogP contribution in [0.15, 0.2) is 24.4 Å². The number of amides is 1. The second kappa shape index (κ2) is 11.3. The number of carbonyl (C=O) groups is 1. The lowest BCUT2D eigenvalue weighted by Gasteiger charge is -2.36. The van der Waals surface area contributed by atoms with Crippen LogP contribution in [0.3, 0.4) is 0 Å². The number of tetrazole rings is 1. The minimum absolute atomic E-state index is 0.258. The van der Waals surface area contributed by atoms with Gasteiger partial charge < -0.3 is 9.64 Å². The lowest BCUT2D eigenvalue weighted by molar-refractivity contribution is -0.135. The molecule has 2 aliphatic rings.